The summed E-state index contributed by atoms with van der Waals surface area (Å²) in [5, 5.41) is 22.1. The number of furan rings is 1. The number of nitrogens with one attached hydrogen (secondary N) is 1. The quantitative estimate of drug-likeness (QED) is 0.643. The van der Waals surface area contributed by atoms with Gasteiger partial charge in [0.05, 0.1) is 16.5 Å². The number of carbonyl (C=O) groups is 1. The number of anilines is 1. The number of aromatic carboxylic acids is 1. The van der Waals surface area contributed by atoms with E-state index < -0.39 is 10.9 Å². The van der Waals surface area contributed by atoms with Gasteiger partial charge in [-0.2, -0.15) is 0 Å². The van der Waals surface area contributed by atoms with E-state index in [1.165, 1.54) is 18.2 Å². The van der Waals surface area contributed by atoms with Crippen LogP contribution in [0, 0.1) is 10.1 Å². The van der Waals surface area contributed by atoms with Crippen molar-refractivity contribution in [3.63, 3.8) is 0 Å². The number of halogens is 1. The highest BCUT2D eigenvalue weighted by atomic mass is 35.5. The van der Waals surface area contributed by atoms with Gasteiger partial charge in [0, 0.05) is 6.07 Å². The van der Waals surface area contributed by atoms with Crippen molar-refractivity contribution in [3.05, 3.63) is 51.1 Å². The number of hydrogen-bond donors (Lipinski definition) is 2. The highest BCUT2D eigenvalue weighted by molar-refractivity contribution is 6.33. The van der Waals surface area contributed by atoms with Crippen LogP contribution < -0.4 is 5.32 Å². The van der Waals surface area contributed by atoms with Crippen molar-refractivity contribution >= 4 is 29.1 Å². The van der Waals surface area contributed by atoms with Gasteiger partial charge in [-0.3, -0.25) is 10.1 Å². The van der Waals surface area contributed by atoms with Crippen LogP contribution in [0.2, 0.25) is 5.02 Å². The second-order valence-electron chi connectivity index (χ2n) is 3.71. The van der Waals surface area contributed by atoms with E-state index in [1.807, 2.05) is 0 Å². The average Bonchev–Trinajstić information content (AvgIpc) is 2.86. The fraction of sp³-hybridized carbons (Fsp3) is 0.0909. The van der Waals surface area contributed by atoms with E-state index in [-0.39, 0.29) is 28.8 Å². The van der Waals surface area contributed by atoms with Crippen LogP contribution in [-0.4, -0.2) is 21.0 Å². The van der Waals surface area contributed by atoms with Gasteiger partial charge in [-0.05, 0) is 12.1 Å². The Labute approximate surface area is 117 Å². The second kappa shape index (κ2) is 5.57. The number of carboxylic acids is 1. The smallest absolute Gasteiger partial charge is 0.371 e. The molecule has 8 nitrogen and oxygen atoms in total. The maximum atomic E-state index is 10.6. The monoisotopic (exact) mass is 297 g/mol. The molecule has 0 atom stereocenters. The zero-order chi connectivity index (χ0) is 14.7. The lowest BCUT2D eigenvalue weighted by Crippen LogP contribution is -2.02. The van der Waals surface area contributed by atoms with Crippen molar-refractivity contribution in [2.45, 2.75) is 6.54 Å². The number of hydrogen-bond acceptors (Lipinski definition) is 6. The summed E-state index contributed by atoms with van der Waals surface area (Å²) in [6.45, 7) is 0.151. The Morgan fingerprint density at radius 3 is 2.85 bits per heavy atom. The molecule has 0 unspecified atom stereocenters. The van der Waals surface area contributed by atoms with Gasteiger partial charge < -0.3 is 14.8 Å². The maximum Gasteiger partial charge on any atom is 0.371 e. The predicted molar refractivity (Wildman–Crippen MR) is 68.9 cm³/mol. The summed E-state index contributed by atoms with van der Waals surface area (Å²) < 4.78 is 5.03. The van der Waals surface area contributed by atoms with Gasteiger partial charge in [-0.1, -0.05) is 11.6 Å². The zero-order valence-electron chi connectivity index (χ0n) is 9.87. The third kappa shape index (κ3) is 3.04. The highest BCUT2D eigenvalue weighted by Gasteiger charge is 2.12. The third-order valence-electron chi connectivity index (χ3n) is 2.34. The molecule has 2 N–H and O–H groups in total. The first kappa shape index (κ1) is 13.8. The molecule has 9 heteroatoms. The topological polar surface area (TPSA) is 119 Å². The van der Waals surface area contributed by atoms with Crippen molar-refractivity contribution in [2.75, 3.05) is 5.32 Å². The molecular formula is C11H8ClN3O5. The molecule has 2 heterocycles. The Bertz CT molecular complexity index is 670. The number of rotatable bonds is 5. The molecule has 0 aromatic carbocycles. The summed E-state index contributed by atoms with van der Waals surface area (Å²) >= 11 is 5.84. The number of carboxylic acid groups (broad SMARTS) is 1. The van der Waals surface area contributed by atoms with Crippen LogP contribution in [0.3, 0.4) is 0 Å². The van der Waals surface area contributed by atoms with E-state index in [2.05, 4.69) is 10.3 Å². The fourth-order valence-corrected chi connectivity index (χ4v) is 1.64. The van der Waals surface area contributed by atoms with Crippen molar-refractivity contribution in [3.8, 4) is 0 Å². The molecule has 0 amide bonds. The Hall–Kier alpha value is -2.61. The SMILES string of the molecule is O=C(O)c1ccc(CNc2ncc([N+](=O)[O-])cc2Cl)o1. The minimum absolute atomic E-state index is 0.0872. The van der Waals surface area contributed by atoms with Gasteiger partial charge in [0.15, 0.2) is 0 Å². The van der Waals surface area contributed by atoms with Crippen molar-refractivity contribution in [1.29, 1.82) is 0 Å². The third-order valence-corrected chi connectivity index (χ3v) is 2.63. The zero-order valence-corrected chi connectivity index (χ0v) is 10.6. The van der Waals surface area contributed by atoms with E-state index in [9.17, 15) is 14.9 Å². The molecule has 0 fully saturated rings. The first-order valence-corrected chi connectivity index (χ1v) is 5.71. The van der Waals surface area contributed by atoms with E-state index in [0.29, 0.717) is 5.76 Å². The number of pyridine rings is 1. The molecule has 0 radical (unpaired) electrons. The molecule has 0 saturated carbocycles. The number of nitrogens with zero attached hydrogens (tertiary/aromatic N) is 2. The standard InChI is InChI=1S/C11H8ClN3O5/c12-8-3-6(15(18)19)4-13-10(8)14-5-7-1-2-9(20-7)11(16)17/h1-4H,5H2,(H,13,14)(H,16,17). The van der Waals surface area contributed by atoms with E-state index in [0.717, 1.165) is 6.20 Å². The number of nitro groups is 1. The van der Waals surface area contributed by atoms with E-state index in [1.54, 1.807) is 0 Å². The van der Waals surface area contributed by atoms with Crippen LogP contribution in [-0.2, 0) is 6.54 Å². The van der Waals surface area contributed by atoms with E-state index >= 15 is 0 Å². The molecule has 2 aromatic rings. The predicted octanol–water partition coefficient (Wildman–Crippen LogP) is 2.55. The van der Waals surface area contributed by atoms with Gasteiger partial charge >= 0.3 is 5.97 Å². The summed E-state index contributed by atoms with van der Waals surface area (Å²) in [5.41, 5.74) is -0.216. The lowest BCUT2D eigenvalue weighted by Gasteiger charge is -2.05. The lowest BCUT2D eigenvalue weighted by molar-refractivity contribution is -0.385. The van der Waals surface area contributed by atoms with Crippen LogP contribution in [0.25, 0.3) is 0 Å². The van der Waals surface area contributed by atoms with Crippen LogP contribution in [0.1, 0.15) is 16.3 Å². The van der Waals surface area contributed by atoms with Crippen molar-refractivity contribution in [2.24, 2.45) is 0 Å². The molecule has 104 valence electrons. The molecule has 0 aliphatic carbocycles. The Morgan fingerprint density at radius 2 is 2.30 bits per heavy atom. The Balaban J connectivity index is 2.06. The molecule has 20 heavy (non-hydrogen) atoms. The van der Waals surface area contributed by atoms with Gasteiger partial charge in [-0.25, -0.2) is 9.78 Å². The summed E-state index contributed by atoms with van der Waals surface area (Å²) in [5.74, 6) is -0.725. The molecule has 0 bridgehead atoms. The lowest BCUT2D eigenvalue weighted by atomic mass is 10.4. The summed E-state index contributed by atoms with van der Waals surface area (Å²) in [6, 6.07) is 3.99. The Kier molecular flexibility index (Phi) is 3.85. The summed E-state index contributed by atoms with van der Waals surface area (Å²) in [6.07, 6.45) is 1.07. The minimum atomic E-state index is -1.16. The average molecular weight is 298 g/mol. The normalized spacial score (nSPS) is 10.2. The fourth-order valence-electron chi connectivity index (χ4n) is 1.42. The molecule has 0 spiro atoms. The van der Waals surface area contributed by atoms with Gasteiger partial charge in [0.2, 0.25) is 5.76 Å². The van der Waals surface area contributed by atoms with Gasteiger partial charge in [-0.15, -0.1) is 0 Å². The largest absolute Gasteiger partial charge is 0.475 e. The molecule has 0 saturated heterocycles. The molecule has 0 aliphatic rings. The molecule has 2 rings (SSSR count). The van der Waals surface area contributed by atoms with Crippen LogP contribution in [0.4, 0.5) is 11.5 Å². The van der Waals surface area contributed by atoms with Gasteiger partial charge in [0.1, 0.15) is 17.8 Å². The highest BCUT2D eigenvalue weighted by Crippen LogP contribution is 2.24. The van der Waals surface area contributed by atoms with Crippen LogP contribution in [0.5, 0.6) is 0 Å². The Morgan fingerprint density at radius 1 is 1.55 bits per heavy atom. The van der Waals surface area contributed by atoms with Crippen molar-refractivity contribution in [1.82, 2.24) is 4.98 Å². The number of aromatic nitrogens is 1. The maximum absolute atomic E-state index is 10.6. The second-order valence-corrected chi connectivity index (χ2v) is 4.11. The molecular weight excluding hydrogens is 290 g/mol. The van der Waals surface area contributed by atoms with E-state index in [4.69, 9.17) is 21.1 Å². The minimum Gasteiger partial charge on any atom is -0.475 e. The summed E-state index contributed by atoms with van der Waals surface area (Å²) in [4.78, 5) is 24.4. The first-order chi connectivity index (χ1) is 9.47. The van der Waals surface area contributed by atoms with Gasteiger partial charge in [0.25, 0.3) is 5.69 Å². The van der Waals surface area contributed by atoms with Crippen LogP contribution >= 0.6 is 11.6 Å². The summed E-state index contributed by atoms with van der Waals surface area (Å²) in [7, 11) is 0. The first-order valence-electron chi connectivity index (χ1n) is 5.33. The van der Waals surface area contributed by atoms with Crippen LogP contribution in [0.15, 0.2) is 28.8 Å². The molecule has 2 aromatic heterocycles. The van der Waals surface area contributed by atoms with Crippen molar-refractivity contribution < 1.29 is 19.2 Å². The molecule has 0 aliphatic heterocycles.